The van der Waals surface area contributed by atoms with Crippen molar-refractivity contribution in [3.63, 3.8) is 0 Å². The lowest BCUT2D eigenvalue weighted by molar-refractivity contribution is 0.378. The molecule has 1 atom stereocenters. The molecule has 0 radical (unpaired) electrons. The van der Waals surface area contributed by atoms with Gasteiger partial charge in [-0.1, -0.05) is 23.7 Å². The van der Waals surface area contributed by atoms with Crippen LogP contribution in [0, 0.1) is 0 Å². The minimum absolute atomic E-state index is 0.0260. The number of benzene rings is 1. The second-order valence-electron chi connectivity index (χ2n) is 3.84. The average Bonchev–Trinajstić information content (AvgIpc) is 2.38. The minimum Gasteiger partial charge on any atom is -0.467 e. The van der Waals surface area contributed by atoms with Gasteiger partial charge in [-0.25, -0.2) is 0 Å². The van der Waals surface area contributed by atoms with Crippen LogP contribution < -0.4 is 10.1 Å². The van der Waals surface area contributed by atoms with E-state index in [-0.39, 0.29) is 17.3 Å². The fraction of sp³-hybridized carbons (Fsp3) is 0.250. The molecule has 5 nitrogen and oxygen atoms in total. The summed E-state index contributed by atoms with van der Waals surface area (Å²) in [5.74, 6) is 0.351. The SMILES string of the molecule is COc1nc(Cl)nc(NC(C)c2cccc(Cl)c2)n1. The molecule has 0 aliphatic carbocycles. The Morgan fingerprint density at radius 1 is 1.21 bits per heavy atom. The fourth-order valence-electron chi connectivity index (χ4n) is 1.54. The van der Waals surface area contributed by atoms with Crippen LogP contribution >= 0.6 is 23.2 Å². The van der Waals surface area contributed by atoms with Gasteiger partial charge in [0.05, 0.1) is 13.2 Å². The maximum atomic E-state index is 5.95. The third-order valence-corrected chi connectivity index (χ3v) is 2.87. The first-order valence-corrected chi connectivity index (χ1v) is 6.31. The first kappa shape index (κ1) is 13.8. The van der Waals surface area contributed by atoms with Gasteiger partial charge in [-0.15, -0.1) is 0 Å². The molecule has 1 heterocycles. The normalized spacial score (nSPS) is 12.0. The third-order valence-electron chi connectivity index (χ3n) is 2.46. The maximum absolute atomic E-state index is 5.95. The van der Waals surface area contributed by atoms with Crippen LogP contribution in [-0.4, -0.2) is 22.1 Å². The molecule has 1 aromatic carbocycles. The second kappa shape index (κ2) is 6.04. The zero-order valence-corrected chi connectivity index (χ0v) is 11.9. The summed E-state index contributed by atoms with van der Waals surface area (Å²) in [5, 5.41) is 3.87. The van der Waals surface area contributed by atoms with Gasteiger partial charge < -0.3 is 10.1 Å². The van der Waals surface area contributed by atoms with Crippen LogP contribution in [0.3, 0.4) is 0 Å². The molecule has 1 aromatic heterocycles. The molecule has 2 rings (SSSR count). The average molecular weight is 299 g/mol. The van der Waals surface area contributed by atoms with Crippen molar-refractivity contribution in [3.8, 4) is 6.01 Å². The fourth-order valence-corrected chi connectivity index (χ4v) is 1.89. The maximum Gasteiger partial charge on any atom is 0.322 e. The first-order chi connectivity index (χ1) is 9.08. The van der Waals surface area contributed by atoms with E-state index in [1.807, 2.05) is 31.2 Å². The number of rotatable bonds is 4. The summed E-state index contributed by atoms with van der Waals surface area (Å²) >= 11 is 11.7. The first-order valence-electron chi connectivity index (χ1n) is 5.56. The Kier molecular flexibility index (Phi) is 4.39. The van der Waals surface area contributed by atoms with E-state index in [0.717, 1.165) is 5.56 Å². The molecule has 2 aromatic rings. The zero-order valence-electron chi connectivity index (χ0n) is 10.4. The standard InChI is InChI=1S/C12H12Cl2N4O/c1-7(8-4-3-5-9(13)6-8)15-11-16-10(14)17-12(18-11)19-2/h3-7H,1-2H3,(H,15,16,17,18). The molecule has 1 unspecified atom stereocenters. The highest BCUT2D eigenvalue weighted by molar-refractivity contribution is 6.30. The summed E-state index contributed by atoms with van der Waals surface area (Å²) in [6.07, 6.45) is 0. The van der Waals surface area contributed by atoms with Gasteiger partial charge in [-0.2, -0.15) is 15.0 Å². The van der Waals surface area contributed by atoms with Crippen molar-refractivity contribution >= 4 is 29.2 Å². The molecular weight excluding hydrogens is 287 g/mol. The molecule has 0 spiro atoms. The van der Waals surface area contributed by atoms with E-state index in [1.165, 1.54) is 7.11 Å². The zero-order chi connectivity index (χ0) is 13.8. The highest BCUT2D eigenvalue weighted by Gasteiger charge is 2.10. The van der Waals surface area contributed by atoms with Gasteiger partial charge in [0.15, 0.2) is 0 Å². The molecule has 0 aliphatic heterocycles. The molecule has 1 N–H and O–H groups in total. The van der Waals surface area contributed by atoms with Crippen molar-refractivity contribution in [1.29, 1.82) is 0 Å². The van der Waals surface area contributed by atoms with E-state index in [2.05, 4.69) is 20.3 Å². The quantitative estimate of drug-likeness (QED) is 0.938. The summed E-state index contributed by atoms with van der Waals surface area (Å²) in [6.45, 7) is 1.97. The van der Waals surface area contributed by atoms with Crippen molar-refractivity contribution in [2.45, 2.75) is 13.0 Å². The number of anilines is 1. The van der Waals surface area contributed by atoms with Crippen molar-refractivity contribution in [3.05, 3.63) is 40.1 Å². The van der Waals surface area contributed by atoms with E-state index < -0.39 is 0 Å². The number of hydrogen-bond acceptors (Lipinski definition) is 5. The lowest BCUT2D eigenvalue weighted by atomic mass is 10.1. The van der Waals surface area contributed by atoms with E-state index in [1.54, 1.807) is 0 Å². The Morgan fingerprint density at radius 3 is 2.68 bits per heavy atom. The van der Waals surface area contributed by atoms with E-state index >= 15 is 0 Å². The van der Waals surface area contributed by atoms with Gasteiger partial charge in [-0.3, -0.25) is 0 Å². The highest BCUT2D eigenvalue weighted by atomic mass is 35.5. The second-order valence-corrected chi connectivity index (χ2v) is 4.61. The molecule has 7 heteroatoms. The van der Waals surface area contributed by atoms with Crippen LogP contribution in [-0.2, 0) is 0 Å². The summed E-state index contributed by atoms with van der Waals surface area (Å²) < 4.78 is 4.93. The molecule has 0 bridgehead atoms. The predicted octanol–water partition coefficient (Wildman–Crippen LogP) is 3.36. The van der Waals surface area contributed by atoms with Gasteiger partial charge in [0, 0.05) is 5.02 Å². The summed E-state index contributed by atoms with van der Waals surface area (Å²) in [4.78, 5) is 11.9. The Morgan fingerprint density at radius 2 is 2.00 bits per heavy atom. The monoisotopic (exact) mass is 298 g/mol. The number of nitrogens with zero attached hydrogens (tertiary/aromatic N) is 3. The lowest BCUT2D eigenvalue weighted by Gasteiger charge is -2.14. The van der Waals surface area contributed by atoms with Crippen molar-refractivity contribution in [2.24, 2.45) is 0 Å². The Labute approximate surface area is 121 Å². The van der Waals surface area contributed by atoms with E-state index in [4.69, 9.17) is 27.9 Å². The van der Waals surface area contributed by atoms with Crippen LogP contribution in [0.1, 0.15) is 18.5 Å². The van der Waals surface area contributed by atoms with Crippen LogP contribution in [0.5, 0.6) is 6.01 Å². The number of halogens is 2. The van der Waals surface area contributed by atoms with E-state index in [0.29, 0.717) is 11.0 Å². The highest BCUT2D eigenvalue weighted by Crippen LogP contribution is 2.21. The smallest absolute Gasteiger partial charge is 0.322 e. The number of hydrogen-bond donors (Lipinski definition) is 1. The van der Waals surface area contributed by atoms with E-state index in [9.17, 15) is 0 Å². The molecule has 100 valence electrons. The van der Waals surface area contributed by atoms with Crippen LogP contribution in [0.4, 0.5) is 5.95 Å². The molecule has 0 fully saturated rings. The van der Waals surface area contributed by atoms with Crippen LogP contribution in [0.15, 0.2) is 24.3 Å². The topological polar surface area (TPSA) is 59.9 Å². The minimum atomic E-state index is -0.0260. The largest absolute Gasteiger partial charge is 0.467 e. The van der Waals surface area contributed by atoms with Crippen molar-refractivity contribution < 1.29 is 4.74 Å². The van der Waals surface area contributed by atoms with Gasteiger partial charge >= 0.3 is 6.01 Å². The molecular formula is C12H12Cl2N4O. The summed E-state index contributed by atoms with van der Waals surface area (Å²) in [5.41, 5.74) is 1.02. The lowest BCUT2D eigenvalue weighted by Crippen LogP contribution is -2.10. The van der Waals surface area contributed by atoms with Gasteiger partial charge in [0.25, 0.3) is 0 Å². The molecule has 19 heavy (non-hydrogen) atoms. The van der Waals surface area contributed by atoms with Crippen LogP contribution in [0.25, 0.3) is 0 Å². The molecule has 0 aliphatic rings. The summed E-state index contributed by atoms with van der Waals surface area (Å²) in [7, 11) is 1.47. The van der Waals surface area contributed by atoms with Gasteiger partial charge in [0.2, 0.25) is 11.2 Å². The van der Waals surface area contributed by atoms with Gasteiger partial charge in [-0.05, 0) is 36.2 Å². The number of nitrogens with one attached hydrogen (secondary N) is 1. The molecule has 0 amide bonds. The predicted molar refractivity (Wildman–Crippen MR) is 74.9 cm³/mol. The van der Waals surface area contributed by atoms with Crippen LogP contribution in [0.2, 0.25) is 10.3 Å². The Hall–Kier alpha value is -1.59. The Bertz CT molecular complexity index is 579. The number of aromatic nitrogens is 3. The number of ether oxygens (including phenoxy) is 1. The third kappa shape index (κ3) is 3.68. The summed E-state index contributed by atoms with van der Waals surface area (Å²) in [6, 6.07) is 7.68. The Balaban J connectivity index is 2.18. The molecule has 0 saturated carbocycles. The van der Waals surface area contributed by atoms with Crippen molar-refractivity contribution in [2.75, 3.05) is 12.4 Å². The number of methoxy groups -OCH3 is 1. The van der Waals surface area contributed by atoms with Crippen molar-refractivity contribution in [1.82, 2.24) is 15.0 Å². The van der Waals surface area contributed by atoms with Gasteiger partial charge in [0.1, 0.15) is 0 Å². The molecule has 0 saturated heterocycles.